The minimum atomic E-state index is 0.348. The summed E-state index contributed by atoms with van der Waals surface area (Å²) >= 11 is 2.09. The highest BCUT2D eigenvalue weighted by Crippen LogP contribution is 2.37. The molecule has 2 unspecified atom stereocenters. The van der Waals surface area contributed by atoms with E-state index >= 15 is 0 Å². The number of aliphatic imine (C=N–C) groups is 1. The summed E-state index contributed by atoms with van der Waals surface area (Å²) in [5, 5.41) is 7.03. The quantitative estimate of drug-likeness (QED) is 0.544. The fraction of sp³-hybridized carbons (Fsp3) is 0.947. The van der Waals surface area contributed by atoms with Crippen LogP contribution in [0, 0.1) is 11.8 Å². The lowest BCUT2D eigenvalue weighted by Crippen LogP contribution is -2.45. The van der Waals surface area contributed by atoms with Crippen LogP contribution in [0.2, 0.25) is 0 Å². The molecular formula is C19H38N4S. The molecule has 0 aliphatic carbocycles. The lowest BCUT2D eigenvalue weighted by atomic mass is 9.97. The maximum Gasteiger partial charge on any atom is 0.191 e. The molecule has 0 spiro atoms. The molecule has 140 valence electrons. The van der Waals surface area contributed by atoms with E-state index in [1.54, 1.807) is 0 Å². The molecule has 2 aliphatic heterocycles. The fourth-order valence-corrected chi connectivity index (χ4v) is 5.02. The molecule has 2 N–H and O–H groups in total. The maximum atomic E-state index is 4.88. The Morgan fingerprint density at radius 1 is 1.33 bits per heavy atom. The lowest BCUT2D eigenvalue weighted by Gasteiger charge is -2.34. The van der Waals surface area contributed by atoms with Crippen molar-refractivity contribution >= 4 is 17.7 Å². The molecule has 2 saturated heterocycles. The van der Waals surface area contributed by atoms with Crippen molar-refractivity contribution in [2.75, 3.05) is 45.0 Å². The van der Waals surface area contributed by atoms with Crippen molar-refractivity contribution in [1.82, 2.24) is 15.5 Å². The Balaban J connectivity index is 1.79. The number of guanidine groups is 1. The highest BCUT2D eigenvalue weighted by molar-refractivity contribution is 8.00. The van der Waals surface area contributed by atoms with Gasteiger partial charge in [-0.05, 0) is 63.7 Å². The highest BCUT2D eigenvalue weighted by Gasteiger charge is 2.29. The van der Waals surface area contributed by atoms with Gasteiger partial charge >= 0.3 is 0 Å². The van der Waals surface area contributed by atoms with Gasteiger partial charge < -0.3 is 15.5 Å². The standard InChI is InChI=1S/C19H38N4S/c1-5-20-18(22-15-19(4)9-7-11-24-19)21-12-17-8-6-10-23(14-17)13-16(2)3/h16-17H,5-15H2,1-4H3,(H2,20,21,22). The molecule has 4 nitrogen and oxygen atoms in total. The molecule has 2 fully saturated rings. The predicted octanol–water partition coefficient (Wildman–Crippen LogP) is 3.20. The average Bonchev–Trinajstić information content (AvgIpc) is 2.97. The van der Waals surface area contributed by atoms with Gasteiger partial charge in [0.2, 0.25) is 0 Å². The maximum absolute atomic E-state index is 4.88. The van der Waals surface area contributed by atoms with Gasteiger partial charge in [0.1, 0.15) is 0 Å². The number of thioether (sulfide) groups is 1. The van der Waals surface area contributed by atoms with Crippen LogP contribution in [0.1, 0.15) is 53.4 Å². The normalized spacial score (nSPS) is 29.2. The zero-order valence-electron chi connectivity index (χ0n) is 16.2. The van der Waals surface area contributed by atoms with E-state index in [1.807, 2.05) is 0 Å². The Morgan fingerprint density at radius 2 is 2.17 bits per heavy atom. The summed E-state index contributed by atoms with van der Waals surface area (Å²) in [6, 6.07) is 0. The van der Waals surface area contributed by atoms with Gasteiger partial charge in [-0.2, -0.15) is 11.8 Å². The van der Waals surface area contributed by atoms with E-state index in [2.05, 4.69) is 55.0 Å². The van der Waals surface area contributed by atoms with Gasteiger partial charge in [0.15, 0.2) is 5.96 Å². The summed E-state index contributed by atoms with van der Waals surface area (Å²) < 4.78 is 0.348. The molecule has 5 heteroatoms. The van der Waals surface area contributed by atoms with Crippen molar-refractivity contribution < 1.29 is 0 Å². The molecule has 2 rings (SSSR count). The molecule has 2 atom stereocenters. The van der Waals surface area contributed by atoms with Crippen LogP contribution < -0.4 is 10.6 Å². The predicted molar refractivity (Wildman–Crippen MR) is 108 cm³/mol. The van der Waals surface area contributed by atoms with Crippen LogP contribution in [0.15, 0.2) is 4.99 Å². The van der Waals surface area contributed by atoms with Gasteiger partial charge in [-0.15, -0.1) is 0 Å². The van der Waals surface area contributed by atoms with Gasteiger partial charge in [-0.1, -0.05) is 13.8 Å². The lowest BCUT2D eigenvalue weighted by molar-refractivity contribution is 0.159. The number of nitrogens with zero attached hydrogens (tertiary/aromatic N) is 2. The molecule has 0 aromatic carbocycles. The Labute approximate surface area is 153 Å². The first kappa shape index (κ1) is 19.9. The minimum absolute atomic E-state index is 0.348. The minimum Gasteiger partial charge on any atom is -0.357 e. The van der Waals surface area contributed by atoms with Gasteiger partial charge in [0.25, 0.3) is 0 Å². The Bertz CT molecular complexity index is 391. The molecule has 0 bridgehead atoms. The van der Waals surface area contributed by atoms with E-state index in [1.165, 1.54) is 51.1 Å². The second-order valence-electron chi connectivity index (χ2n) is 8.14. The van der Waals surface area contributed by atoms with E-state index in [9.17, 15) is 0 Å². The number of hydrogen-bond donors (Lipinski definition) is 2. The van der Waals surface area contributed by atoms with E-state index in [-0.39, 0.29) is 0 Å². The van der Waals surface area contributed by atoms with E-state index in [0.29, 0.717) is 4.75 Å². The first-order valence-corrected chi connectivity index (χ1v) is 10.9. The number of nitrogens with one attached hydrogen (secondary N) is 2. The largest absolute Gasteiger partial charge is 0.357 e. The van der Waals surface area contributed by atoms with Gasteiger partial charge in [-0.25, -0.2) is 0 Å². The van der Waals surface area contributed by atoms with Crippen molar-refractivity contribution in [3.8, 4) is 0 Å². The summed E-state index contributed by atoms with van der Waals surface area (Å²) in [7, 11) is 0. The molecule has 2 heterocycles. The third-order valence-electron chi connectivity index (χ3n) is 5.00. The smallest absolute Gasteiger partial charge is 0.191 e. The number of piperidine rings is 1. The fourth-order valence-electron chi connectivity index (χ4n) is 3.79. The molecule has 0 aromatic heterocycles. The van der Waals surface area contributed by atoms with Crippen molar-refractivity contribution in [1.29, 1.82) is 0 Å². The summed E-state index contributed by atoms with van der Waals surface area (Å²) in [6.45, 7) is 15.8. The third kappa shape index (κ3) is 6.83. The Hall–Kier alpha value is -0.420. The third-order valence-corrected chi connectivity index (χ3v) is 6.52. The van der Waals surface area contributed by atoms with Crippen LogP contribution in [0.25, 0.3) is 0 Å². The van der Waals surface area contributed by atoms with Crippen molar-refractivity contribution in [3.05, 3.63) is 0 Å². The zero-order valence-corrected chi connectivity index (χ0v) is 17.1. The topological polar surface area (TPSA) is 39.7 Å². The summed E-state index contributed by atoms with van der Waals surface area (Å²) in [5.41, 5.74) is 0. The van der Waals surface area contributed by atoms with Crippen LogP contribution in [0.3, 0.4) is 0 Å². The number of likely N-dealkylation sites (tertiary alicyclic amines) is 1. The molecule has 2 aliphatic rings. The van der Waals surface area contributed by atoms with Crippen molar-refractivity contribution in [2.24, 2.45) is 16.8 Å². The molecule has 0 saturated carbocycles. The van der Waals surface area contributed by atoms with E-state index < -0.39 is 0 Å². The molecule has 0 radical (unpaired) electrons. The van der Waals surface area contributed by atoms with Crippen LogP contribution in [-0.4, -0.2) is 60.6 Å². The van der Waals surface area contributed by atoms with Crippen LogP contribution >= 0.6 is 11.8 Å². The summed E-state index contributed by atoms with van der Waals surface area (Å²) in [5.74, 6) is 3.81. The first-order valence-electron chi connectivity index (χ1n) is 9.89. The van der Waals surface area contributed by atoms with Crippen LogP contribution in [0.4, 0.5) is 0 Å². The summed E-state index contributed by atoms with van der Waals surface area (Å²) in [4.78, 5) is 7.52. The number of hydrogen-bond acceptors (Lipinski definition) is 3. The van der Waals surface area contributed by atoms with Gasteiger partial charge in [-0.3, -0.25) is 4.99 Å². The SMILES string of the molecule is CCNC(=NCC1(C)CCCS1)NCC1CCCN(CC(C)C)C1. The molecule has 0 aromatic rings. The Morgan fingerprint density at radius 3 is 2.83 bits per heavy atom. The Kier molecular flexibility index (Phi) is 8.21. The van der Waals surface area contributed by atoms with Crippen LogP contribution in [-0.2, 0) is 0 Å². The summed E-state index contributed by atoms with van der Waals surface area (Å²) in [6.07, 6.45) is 5.32. The second-order valence-corrected chi connectivity index (χ2v) is 9.82. The van der Waals surface area contributed by atoms with E-state index in [0.717, 1.165) is 37.4 Å². The van der Waals surface area contributed by atoms with Crippen molar-refractivity contribution in [3.63, 3.8) is 0 Å². The molecular weight excluding hydrogens is 316 g/mol. The van der Waals surface area contributed by atoms with Gasteiger partial charge in [0.05, 0.1) is 6.54 Å². The zero-order chi connectivity index (χ0) is 17.4. The van der Waals surface area contributed by atoms with Crippen molar-refractivity contribution in [2.45, 2.75) is 58.1 Å². The molecule has 24 heavy (non-hydrogen) atoms. The van der Waals surface area contributed by atoms with Crippen LogP contribution in [0.5, 0.6) is 0 Å². The molecule has 0 amide bonds. The average molecular weight is 355 g/mol. The number of rotatable bonds is 7. The van der Waals surface area contributed by atoms with E-state index in [4.69, 9.17) is 4.99 Å². The second kappa shape index (κ2) is 9.91. The monoisotopic (exact) mass is 354 g/mol. The first-order chi connectivity index (χ1) is 11.5. The highest BCUT2D eigenvalue weighted by atomic mass is 32.2. The van der Waals surface area contributed by atoms with Gasteiger partial charge in [0, 0.05) is 30.9 Å².